The first-order valence-electron chi connectivity index (χ1n) is 6.65. The zero-order valence-electron chi connectivity index (χ0n) is 12.9. The van der Waals surface area contributed by atoms with E-state index in [1.165, 1.54) is 0 Å². The Hall–Kier alpha value is -1.62. The van der Waals surface area contributed by atoms with E-state index in [0.717, 1.165) is 10.6 Å². The third-order valence-corrected chi connectivity index (χ3v) is 3.25. The van der Waals surface area contributed by atoms with Gasteiger partial charge < -0.3 is 4.74 Å². The van der Waals surface area contributed by atoms with Crippen molar-refractivity contribution >= 4 is 29.3 Å². The van der Waals surface area contributed by atoms with E-state index in [1.54, 1.807) is 45.9 Å². The highest BCUT2D eigenvalue weighted by molar-refractivity contribution is 6.35. The molecule has 0 bridgehead atoms. The maximum atomic E-state index is 12.1. The second kappa shape index (κ2) is 7.58. The third kappa shape index (κ3) is 5.64. The molecule has 0 unspecified atom stereocenters. The van der Waals surface area contributed by atoms with Crippen LogP contribution in [0.15, 0.2) is 23.4 Å². The topological polar surface area (TPSA) is 78.3 Å². The summed E-state index contributed by atoms with van der Waals surface area (Å²) in [5.74, 6) is 0. The van der Waals surface area contributed by atoms with Crippen LogP contribution in [-0.2, 0) is 11.2 Å². The molecule has 1 atom stereocenters. The number of nitrogens with zero attached hydrogens (tertiary/aromatic N) is 4. The van der Waals surface area contributed by atoms with Gasteiger partial charge in [0.05, 0.1) is 0 Å². The van der Waals surface area contributed by atoms with Crippen LogP contribution < -0.4 is 0 Å². The zero-order chi connectivity index (χ0) is 16.9. The van der Waals surface area contributed by atoms with Crippen molar-refractivity contribution in [2.75, 3.05) is 0 Å². The third-order valence-electron chi connectivity index (χ3n) is 2.66. The highest BCUT2D eigenvalue weighted by Gasteiger charge is 2.30. The van der Waals surface area contributed by atoms with Crippen LogP contribution in [0.5, 0.6) is 0 Å². The molecular formula is C14H18Cl2N4O2. The molecule has 0 aromatic heterocycles. The average Bonchev–Trinajstić information content (AvgIpc) is 2.37. The van der Waals surface area contributed by atoms with Gasteiger partial charge in [0, 0.05) is 16.5 Å². The Morgan fingerprint density at radius 2 is 2.09 bits per heavy atom. The first-order valence-corrected chi connectivity index (χ1v) is 7.41. The largest absolute Gasteiger partial charge is 0.511 e. The van der Waals surface area contributed by atoms with Gasteiger partial charge in [0.1, 0.15) is 11.6 Å². The van der Waals surface area contributed by atoms with E-state index in [9.17, 15) is 4.79 Å². The van der Waals surface area contributed by atoms with Gasteiger partial charge in [-0.05, 0) is 50.6 Å². The van der Waals surface area contributed by atoms with Crippen LogP contribution >= 0.6 is 23.2 Å². The summed E-state index contributed by atoms with van der Waals surface area (Å²) in [4.78, 5) is 14.8. The maximum Gasteiger partial charge on any atom is 0.511 e. The van der Waals surface area contributed by atoms with Crippen LogP contribution in [0, 0.1) is 0 Å². The molecule has 0 saturated heterocycles. The molecule has 0 aliphatic heterocycles. The Morgan fingerprint density at radius 3 is 2.59 bits per heavy atom. The first-order chi connectivity index (χ1) is 10.1. The highest BCUT2D eigenvalue weighted by atomic mass is 35.5. The van der Waals surface area contributed by atoms with Crippen molar-refractivity contribution in [3.05, 3.63) is 44.3 Å². The lowest BCUT2D eigenvalue weighted by Crippen LogP contribution is -2.39. The monoisotopic (exact) mass is 344 g/mol. The normalized spacial score (nSPS) is 12.3. The highest BCUT2D eigenvalue weighted by Crippen LogP contribution is 2.24. The van der Waals surface area contributed by atoms with Crippen molar-refractivity contribution < 1.29 is 9.53 Å². The second-order valence-corrected chi connectivity index (χ2v) is 6.64. The minimum atomic E-state index is -0.706. The average molecular weight is 345 g/mol. The van der Waals surface area contributed by atoms with E-state index < -0.39 is 17.7 Å². The maximum absolute atomic E-state index is 12.1. The standard InChI is InChI=1S/C14H18Cl2N4O2/c1-9(7-10-5-6-11(15)8-12(10)16)20(19-18-17)13(21)22-14(2,3)4/h5-6,8-9H,7H2,1-4H3/t9-/m0/s1. The van der Waals surface area contributed by atoms with Crippen LogP contribution in [0.2, 0.25) is 10.0 Å². The fraction of sp³-hybridized carbons (Fsp3) is 0.500. The Bertz CT molecular complexity index is 595. The lowest BCUT2D eigenvalue weighted by atomic mass is 10.1. The molecular weight excluding hydrogens is 327 g/mol. The fourth-order valence-electron chi connectivity index (χ4n) is 1.75. The summed E-state index contributed by atoms with van der Waals surface area (Å²) in [6.45, 7) is 6.95. The van der Waals surface area contributed by atoms with Crippen molar-refractivity contribution in [1.29, 1.82) is 0 Å². The van der Waals surface area contributed by atoms with Crippen molar-refractivity contribution in [3.63, 3.8) is 0 Å². The van der Waals surface area contributed by atoms with E-state index in [4.69, 9.17) is 33.5 Å². The van der Waals surface area contributed by atoms with Crippen LogP contribution in [0.1, 0.15) is 33.3 Å². The van der Waals surface area contributed by atoms with Gasteiger partial charge >= 0.3 is 6.09 Å². The molecule has 0 radical (unpaired) electrons. The summed E-state index contributed by atoms with van der Waals surface area (Å²) in [6.07, 6.45) is -0.309. The van der Waals surface area contributed by atoms with Gasteiger partial charge in [-0.2, -0.15) is 9.71 Å². The number of amides is 1. The molecule has 1 amide bonds. The van der Waals surface area contributed by atoms with Crippen LogP contribution in [0.4, 0.5) is 4.79 Å². The van der Waals surface area contributed by atoms with Gasteiger partial charge in [0.2, 0.25) is 0 Å². The number of carbonyl (C=O) groups is 1. The molecule has 0 aliphatic carbocycles. The summed E-state index contributed by atoms with van der Waals surface area (Å²) in [6, 6.07) is 4.67. The number of rotatable bonds is 4. The van der Waals surface area contributed by atoms with Gasteiger partial charge in [0.25, 0.3) is 0 Å². The number of benzene rings is 1. The smallest absolute Gasteiger partial charge is 0.425 e. The Kier molecular flexibility index (Phi) is 6.35. The SMILES string of the molecule is C[C@@H](Cc1ccc(Cl)cc1Cl)N(N=[N+]=[N-])C(=O)OC(C)(C)C. The quantitative estimate of drug-likeness (QED) is 0.317. The number of ether oxygens (including phenoxy) is 1. The van der Waals surface area contributed by atoms with Crippen molar-refractivity contribution in [1.82, 2.24) is 5.01 Å². The lowest BCUT2D eigenvalue weighted by molar-refractivity contribution is 0.0176. The Balaban J connectivity index is 2.91. The van der Waals surface area contributed by atoms with Gasteiger partial charge in [-0.15, -0.1) is 10.5 Å². The van der Waals surface area contributed by atoms with E-state index in [1.807, 2.05) is 0 Å². The molecule has 1 aromatic carbocycles. The van der Waals surface area contributed by atoms with E-state index >= 15 is 0 Å². The molecule has 1 aromatic rings. The molecule has 0 saturated carbocycles. The molecule has 120 valence electrons. The molecule has 0 fully saturated rings. The summed E-state index contributed by atoms with van der Waals surface area (Å²) < 4.78 is 5.23. The van der Waals surface area contributed by atoms with Crippen LogP contribution in [0.25, 0.3) is 10.4 Å². The summed E-state index contributed by atoms with van der Waals surface area (Å²) >= 11 is 12.0. The molecule has 0 aliphatic rings. The predicted molar refractivity (Wildman–Crippen MR) is 86.8 cm³/mol. The van der Waals surface area contributed by atoms with Crippen molar-refractivity contribution in [2.24, 2.45) is 5.22 Å². The lowest BCUT2D eigenvalue weighted by Gasteiger charge is -2.24. The van der Waals surface area contributed by atoms with Crippen molar-refractivity contribution in [3.8, 4) is 0 Å². The minimum absolute atomic E-state index is 0.397. The molecule has 8 heteroatoms. The van der Waals surface area contributed by atoms with E-state index in [2.05, 4.69) is 10.1 Å². The van der Waals surface area contributed by atoms with E-state index in [0.29, 0.717) is 16.5 Å². The molecule has 1 rings (SSSR count). The summed E-state index contributed by atoms with van der Waals surface area (Å²) in [7, 11) is 0. The minimum Gasteiger partial charge on any atom is -0.425 e. The molecule has 0 spiro atoms. The van der Waals surface area contributed by atoms with Gasteiger partial charge in [0.15, 0.2) is 0 Å². The Labute approximate surface area is 139 Å². The molecule has 0 heterocycles. The second-order valence-electron chi connectivity index (χ2n) is 5.79. The fourth-order valence-corrected chi connectivity index (χ4v) is 2.23. The van der Waals surface area contributed by atoms with Gasteiger partial charge in [-0.1, -0.05) is 29.3 Å². The number of carbonyl (C=O) groups excluding carboxylic acids is 1. The number of azide groups is 1. The molecule has 22 heavy (non-hydrogen) atoms. The van der Waals surface area contributed by atoms with Crippen LogP contribution in [-0.4, -0.2) is 22.7 Å². The first kappa shape index (κ1) is 18.4. The van der Waals surface area contributed by atoms with Gasteiger partial charge in [-0.25, -0.2) is 0 Å². The number of hydrogen-bond acceptors (Lipinski definition) is 3. The zero-order valence-corrected chi connectivity index (χ0v) is 14.4. The van der Waals surface area contributed by atoms with Crippen LogP contribution in [0.3, 0.4) is 0 Å². The molecule has 0 N–H and O–H groups in total. The summed E-state index contributed by atoms with van der Waals surface area (Å²) in [5.41, 5.74) is 8.76. The van der Waals surface area contributed by atoms with Gasteiger partial charge in [-0.3, -0.25) is 0 Å². The number of halogens is 2. The molecule has 6 nitrogen and oxygen atoms in total. The summed E-state index contributed by atoms with van der Waals surface area (Å²) in [5, 5.41) is 5.41. The predicted octanol–water partition coefficient (Wildman–Crippen LogP) is 5.39. The number of hydrogen-bond donors (Lipinski definition) is 0. The van der Waals surface area contributed by atoms with Crippen molar-refractivity contribution in [2.45, 2.75) is 45.8 Å². The van der Waals surface area contributed by atoms with E-state index in [-0.39, 0.29) is 0 Å². The Morgan fingerprint density at radius 1 is 1.45 bits per heavy atom.